The van der Waals surface area contributed by atoms with E-state index in [0.29, 0.717) is 6.42 Å². The molecular formula is C23H18N4OS2. The van der Waals surface area contributed by atoms with Crippen molar-refractivity contribution < 1.29 is 4.79 Å². The second-order valence-corrected chi connectivity index (χ2v) is 9.03. The van der Waals surface area contributed by atoms with Crippen LogP contribution in [0, 0.1) is 0 Å². The highest BCUT2D eigenvalue weighted by molar-refractivity contribution is 8.01. The molecule has 0 radical (unpaired) electrons. The van der Waals surface area contributed by atoms with E-state index in [4.69, 9.17) is 5.10 Å². The number of hydrogen-bond donors (Lipinski definition) is 0. The van der Waals surface area contributed by atoms with Gasteiger partial charge in [0.15, 0.2) is 4.34 Å². The maximum absolute atomic E-state index is 13.1. The van der Waals surface area contributed by atoms with Gasteiger partial charge >= 0.3 is 0 Å². The summed E-state index contributed by atoms with van der Waals surface area (Å²) in [5.41, 5.74) is 4.75. The van der Waals surface area contributed by atoms with E-state index in [1.54, 1.807) is 10.5 Å². The number of amides is 1. The Morgan fingerprint density at radius 1 is 1.03 bits per heavy atom. The van der Waals surface area contributed by atoms with Crippen LogP contribution in [-0.4, -0.2) is 32.6 Å². The molecule has 1 aliphatic heterocycles. The topological polar surface area (TPSA) is 58.5 Å². The molecule has 5 rings (SSSR count). The lowest BCUT2D eigenvalue weighted by molar-refractivity contribution is -0.130. The van der Waals surface area contributed by atoms with Gasteiger partial charge in [0.1, 0.15) is 5.51 Å². The molecular weight excluding hydrogens is 412 g/mol. The van der Waals surface area contributed by atoms with Crippen LogP contribution in [-0.2, 0) is 4.79 Å². The van der Waals surface area contributed by atoms with Crippen molar-refractivity contribution in [3.63, 3.8) is 0 Å². The number of thioether (sulfide) groups is 1. The summed E-state index contributed by atoms with van der Waals surface area (Å²) in [5, 5.41) is 16.6. The molecule has 0 saturated heterocycles. The van der Waals surface area contributed by atoms with Gasteiger partial charge in [0, 0.05) is 6.42 Å². The van der Waals surface area contributed by atoms with Crippen LogP contribution in [0.3, 0.4) is 0 Å². The highest BCUT2D eigenvalue weighted by Gasteiger charge is 2.33. The predicted molar refractivity (Wildman–Crippen MR) is 122 cm³/mol. The van der Waals surface area contributed by atoms with Crippen molar-refractivity contribution in [1.82, 2.24) is 15.2 Å². The Balaban J connectivity index is 1.45. The van der Waals surface area contributed by atoms with E-state index in [-0.39, 0.29) is 17.7 Å². The van der Waals surface area contributed by atoms with Gasteiger partial charge in [0.25, 0.3) is 5.91 Å². The van der Waals surface area contributed by atoms with Crippen LogP contribution < -0.4 is 0 Å². The number of hydrogen-bond acceptors (Lipinski definition) is 6. The summed E-state index contributed by atoms with van der Waals surface area (Å²) in [6, 6.07) is 24.6. The summed E-state index contributed by atoms with van der Waals surface area (Å²) in [4.78, 5) is 13.1. The van der Waals surface area contributed by atoms with Crippen LogP contribution in [0.5, 0.6) is 0 Å². The Morgan fingerprint density at radius 3 is 2.63 bits per heavy atom. The molecule has 30 heavy (non-hydrogen) atoms. The minimum absolute atomic E-state index is 0.0279. The fourth-order valence-electron chi connectivity index (χ4n) is 3.63. The Hall–Kier alpha value is -3.03. The third-order valence-electron chi connectivity index (χ3n) is 5.09. The molecule has 2 heterocycles. The van der Waals surface area contributed by atoms with E-state index in [1.807, 2.05) is 30.3 Å². The number of benzene rings is 3. The average Bonchev–Trinajstić information content (AvgIpc) is 3.48. The third-order valence-corrected chi connectivity index (χ3v) is 6.94. The minimum atomic E-state index is -0.102. The lowest BCUT2D eigenvalue weighted by atomic mass is 9.97. The summed E-state index contributed by atoms with van der Waals surface area (Å²) in [6.45, 7) is 0. The van der Waals surface area contributed by atoms with Gasteiger partial charge in [-0.2, -0.15) is 5.10 Å². The molecule has 7 heteroatoms. The number of fused-ring (bicyclic) bond motifs is 1. The van der Waals surface area contributed by atoms with Gasteiger partial charge in [-0.1, -0.05) is 89.8 Å². The summed E-state index contributed by atoms with van der Waals surface area (Å²) >= 11 is 2.84. The van der Waals surface area contributed by atoms with Gasteiger partial charge in [0.05, 0.1) is 17.5 Å². The molecule has 148 valence electrons. The van der Waals surface area contributed by atoms with Crippen LogP contribution in [0.1, 0.15) is 23.6 Å². The van der Waals surface area contributed by atoms with Crippen molar-refractivity contribution in [1.29, 1.82) is 0 Å². The predicted octanol–water partition coefficient (Wildman–Crippen LogP) is 5.16. The molecule has 4 aromatic rings. The number of aromatic nitrogens is 2. The van der Waals surface area contributed by atoms with Crippen molar-refractivity contribution in [2.24, 2.45) is 5.10 Å². The number of rotatable bonds is 5. The van der Waals surface area contributed by atoms with Crippen LogP contribution in [0.4, 0.5) is 0 Å². The van der Waals surface area contributed by atoms with Gasteiger partial charge in [-0.15, -0.1) is 10.2 Å². The Kier molecular flexibility index (Phi) is 5.29. The van der Waals surface area contributed by atoms with Crippen molar-refractivity contribution in [2.45, 2.75) is 16.8 Å². The SMILES string of the molecule is O=C(CSc1nncs1)N1N=C(c2ccc3ccccc3c2)CC1c1ccccc1. The molecule has 0 fully saturated rings. The van der Waals surface area contributed by atoms with E-state index in [1.165, 1.54) is 33.9 Å². The number of carbonyl (C=O) groups is 1. The summed E-state index contributed by atoms with van der Waals surface area (Å²) in [6.07, 6.45) is 0.692. The number of nitrogens with zero attached hydrogens (tertiary/aromatic N) is 4. The van der Waals surface area contributed by atoms with Gasteiger partial charge < -0.3 is 0 Å². The first kappa shape index (κ1) is 19.0. The number of hydrazone groups is 1. The molecule has 1 amide bonds. The Labute approximate surface area is 182 Å². The van der Waals surface area contributed by atoms with Gasteiger partial charge in [0.2, 0.25) is 0 Å². The number of carbonyl (C=O) groups excluding carboxylic acids is 1. The molecule has 0 bridgehead atoms. The molecule has 1 atom stereocenters. The second-order valence-electron chi connectivity index (χ2n) is 6.97. The summed E-state index contributed by atoms with van der Waals surface area (Å²) in [7, 11) is 0. The molecule has 1 aromatic heterocycles. The fraction of sp³-hybridized carbons (Fsp3) is 0.130. The molecule has 5 nitrogen and oxygen atoms in total. The molecule has 0 saturated carbocycles. The van der Waals surface area contributed by atoms with E-state index in [0.717, 1.165) is 21.2 Å². The van der Waals surface area contributed by atoms with Gasteiger partial charge in [-0.05, 0) is 28.0 Å². The van der Waals surface area contributed by atoms with Crippen molar-refractivity contribution >= 4 is 45.5 Å². The highest BCUT2D eigenvalue weighted by Crippen LogP contribution is 2.34. The molecule has 1 unspecified atom stereocenters. The molecule has 0 N–H and O–H groups in total. The average molecular weight is 431 g/mol. The Morgan fingerprint density at radius 2 is 1.83 bits per heavy atom. The third kappa shape index (κ3) is 3.86. The largest absolute Gasteiger partial charge is 0.272 e. The summed E-state index contributed by atoms with van der Waals surface area (Å²) in [5.74, 6) is 0.257. The standard InChI is InChI=1S/C23H18N4OS2/c28-22(14-29-23-25-24-15-30-23)27-21(17-7-2-1-3-8-17)13-20(26-27)19-11-10-16-6-4-5-9-18(16)12-19/h1-12,15,21H,13-14H2. The zero-order chi connectivity index (χ0) is 20.3. The summed E-state index contributed by atoms with van der Waals surface area (Å²) < 4.78 is 0.789. The molecule has 1 aliphatic rings. The van der Waals surface area contributed by atoms with Gasteiger partial charge in [-0.3, -0.25) is 4.79 Å². The quantitative estimate of drug-likeness (QED) is 0.410. The Bertz CT molecular complexity index is 1210. The van der Waals surface area contributed by atoms with Crippen LogP contribution >= 0.6 is 23.1 Å². The second kappa shape index (κ2) is 8.38. The van der Waals surface area contributed by atoms with E-state index in [9.17, 15) is 4.79 Å². The van der Waals surface area contributed by atoms with Crippen LogP contribution in [0.2, 0.25) is 0 Å². The van der Waals surface area contributed by atoms with Crippen LogP contribution in [0.15, 0.2) is 87.7 Å². The minimum Gasteiger partial charge on any atom is -0.272 e. The maximum Gasteiger partial charge on any atom is 0.253 e. The van der Waals surface area contributed by atoms with Crippen molar-refractivity contribution in [3.05, 3.63) is 89.4 Å². The van der Waals surface area contributed by atoms with E-state index < -0.39 is 0 Å². The first-order valence-electron chi connectivity index (χ1n) is 9.60. The normalized spacial score (nSPS) is 16.1. The lowest BCUT2D eigenvalue weighted by Gasteiger charge is -2.21. The van der Waals surface area contributed by atoms with Crippen LogP contribution in [0.25, 0.3) is 10.8 Å². The fourth-order valence-corrected chi connectivity index (χ4v) is 4.97. The van der Waals surface area contributed by atoms with Crippen molar-refractivity contribution in [3.8, 4) is 0 Å². The van der Waals surface area contributed by atoms with Gasteiger partial charge in [-0.25, -0.2) is 5.01 Å². The zero-order valence-corrected chi connectivity index (χ0v) is 17.6. The van der Waals surface area contributed by atoms with E-state index >= 15 is 0 Å². The monoisotopic (exact) mass is 430 g/mol. The highest BCUT2D eigenvalue weighted by atomic mass is 32.2. The maximum atomic E-state index is 13.1. The first-order valence-corrected chi connectivity index (χ1v) is 11.5. The molecule has 3 aromatic carbocycles. The molecule has 0 spiro atoms. The lowest BCUT2D eigenvalue weighted by Crippen LogP contribution is -2.28. The zero-order valence-electron chi connectivity index (χ0n) is 16.0. The smallest absolute Gasteiger partial charge is 0.253 e. The van der Waals surface area contributed by atoms with E-state index in [2.05, 4.69) is 52.7 Å². The van der Waals surface area contributed by atoms with Crippen molar-refractivity contribution in [2.75, 3.05) is 5.75 Å². The first-order chi connectivity index (χ1) is 14.8. The molecule has 0 aliphatic carbocycles.